The second-order valence-electron chi connectivity index (χ2n) is 7.24. The molecule has 8 heteroatoms. The smallest absolute Gasteiger partial charge is 0.254 e. The van der Waals surface area contributed by atoms with E-state index in [1.807, 2.05) is 36.2 Å². The lowest BCUT2D eigenvalue weighted by Gasteiger charge is -2.31. The summed E-state index contributed by atoms with van der Waals surface area (Å²) in [5, 5.41) is 6.27. The Morgan fingerprint density at radius 2 is 1.86 bits per heavy atom. The highest BCUT2D eigenvalue weighted by molar-refractivity contribution is 5.94. The summed E-state index contributed by atoms with van der Waals surface area (Å²) >= 11 is 0. The third-order valence-electron chi connectivity index (χ3n) is 5.27. The van der Waals surface area contributed by atoms with Crippen LogP contribution in [0.1, 0.15) is 28.8 Å². The number of benzene rings is 1. The quantitative estimate of drug-likeness (QED) is 0.728. The van der Waals surface area contributed by atoms with Crippen molar-refractivity contribution < 1.29 is 14.3 Å². The average molecular weight is 411 g/mol. The summed E-state index contributed by atoms with van der Waals surface area (Å²) in [7, 11) is 1.97. The molecule has 2 amide bonds. The number of carbonyl (C=O) groups excluding carboxylic acids is 2. The first-order chi connectivity index (χ1) is 13.2. The van der Waals surface area contributed by atoms with E-state index in [0.29, 0.717) is 51.0 Å². The largest absolute Gasteiger partial charge is 0.378 e. The number of amides is 2. The van der Waals surface area contributed by atoms with Gasteiger partial charge in [0.2, 0.25) is 5.91 Å². The molecule has 0 aromatic heterocycles. The van der Waals surface area contributed by atoms with Crippen LogP contribution in [0.2, 0.25) is 0 Å². The SMILES string of the molecule is CNC1CCCN(CC(=O)NCc2ccc(C(=O)N3CCOCC3)cc2)C1.Cl. The summed E-state index contributed by atoms with van der Waals surface area (Å²) in [6.07, 6.45) is 2.29. The number of likely N-dealkylation sites (N-methyl/N-ethyl adjacent to an activating group) is 1. The molecule has 2 heterocycles. The average Bonchev–Trinajstić information content (AvgIpc) is 2.73. The molecule has 0 spiro atoms. The Labute approximate surface area is 173 Å². The summed E-state index contributed by atoms with van der Waals surface area (Å²) in [5.74, 6) is 0.0818. The molecule has 7 nitrogen and oxygen atoms in total. The van der Waals surface area contributed by atoms with Gasteiger partial charge in [-0.05, 0) is 44.1 Å². The van der Waals surface area contributed by atoms with Crippen LogP contribution in [0.3, 0.4) is 0 Å². The van der Waals surface area contributed by atoms with Gasteiger partial charge in [0, 0.05) is 37.8 Å². The minimum atomic E-state index is 0. The number of rotatable bonds is 6. The van der Waals surface area contributed by atoms with Gasteiger partial charge in [-0.2, -0.15) is 0 Å². The van der Waals surface area contributed by atoms with Crippen LogP contribution in [0.5, 0.6) is 0 Å². The number of piperidine rings is 1. The maximum absolute atomic E-state index is 12.4. The number of halogens is 1. The van der Waals surface area contributed by atoms with Crippen LogP contribution in [-0.4, -0.2) is 80.6 Å². The lowest BCUT2D eigenvalue weighted by Crippen LogP contribution is -2.47. The normalized spacial score (nSPS) is 20.3. The van der Waals surface area contributed by atoms with Gasteiger partial charge in [0.05, 0.1) is 19.8 Å². The number of hydrogen-bond donors (Lipinski definition) is 2. The summed E-state index contributed by atoms with van der Waals surface area (Å²) in [5.41, 5.74) is 1.67. The van der Waals surface area contributed by atoms with Crippen LogP contribution < -0.4 is 10.6 Å². The van der Waals surface area contributed by atoms with Gasteiger partial charge in [0.1, 0.15) is 0 Å². The molecule has 0 aliphatic carbocycles. The highest BCUT2D eigenvalue weighted by Crippen LogP contribution is 2.11. The third-order valence-corrected chi connectivity index (χ3v) is 5.27. The van der Waals surface area contributed by atoms with E-state index in [1.54, 1.807) is 0 Å². The first kappa shape index (κ1) is 22.6. The second kappa shape index (κ2) is 11.4. The fourth-order valence-electron chi connectivity index (χ4n) is 3.61. The van der Waals surface area contributed by atoms with Gasteiger partial charge >= 0.3 is 0 Å². The van der Waals surface area contributed by atoms with E-state index in [1.165, 1.54) is 6.42 Å². The standard InChI is InChI=1S/C20H30N4O3.ClH/c1-21-18-3-2-8-23(14-18)15-19(25)22-13-16-4-6-17(7-5-16)20(26)24-9-11-27-12-10-24;/h4-7,18,21H,2-3,8-15H2,1H3,(H,22,25);1H. The molecule has 2 aliphatic heterocycles. The first-order valence-electron chi connectivity index (χ1n) is 9.78. The Morgan fingerprint density at radius 1 is 1.14 bits per heavy atom. The summed E-state index contributed by atoms with van der Waals surface area (Å²) in [4.78, 5) is 28.7. The summed E-state index contributed by atoms with van der Waals surface area (Å²) in [6, 6.07) is 7.96. The van der Waals surface area contributed by atoms with Gasteiger partial charge in [-0.15, -0.1) is 12.4 Å². The van der Waals surface area contributed by atoms with Crippen LogP contribution in [0.4, 0.5) is 0 Å². The lowest BCUT2D eigenvalue weighted by molar-refractivity contribution is -0.122. The van der Waals surface area contributed by atoms with E-state index in [0.717, 1.165) is 25.1 Å². The molecular weight excluding hydrogens is 380 g/mol. The molecule has 1 aromatic carbocycles. The Balaban J connectivity index is 0.00000280. The third kappa shape index (κ3) is 6.44. The van der Waals surface area contributed by atoms with Crippen molar-refractivity contribution in [2.75, 3.05) is 53.0 Å². The van der Waals surface area contributed by atoms with Crippen molar-refractivity contribution in [1.82, 2.24) is 20.4 Å². The van der Waals surface area contributed by atoms with Crippen LogP contribution in [0.25, 0.3) is 0 Å². The lowest BCUT2D eigenvalue weighted by atomic mass is 10.1. The molecule has 3 rings (SSSR count). The van der Waals surface area contributed by atoms with Crippen LogP contribution in [0.15, 0.2) is 24.3 Å². The van der Waals surface area contributed by atoms with Crippen LogP contribution in [-0.2, 0) is 16.1 Å². The summed E-state index contributed by atoms with van der Waals surface area (Å²) < 4.78 is 5.28. The van der Waals surface area contributed by atoms with Crippen molar-refractivity contribution >= 4 is 24.2 Å². The van der Waals surface area contributed by atoms with Crippen molar-refractivity contribution in [3.63, 3.8) is 0 Å². The zero-order valence-corrected chi connectivity index (χ0v) is 17.3. The van der Waals surface area contributed by atoms with E-state index >= 15 is 0 Å². The molecule has 0 saturated carbocycles. The van der Waals surface area contributed by atoms with Gasteiger partial charge in [-0.25, -0.2) is 0 Å². The Bertz CT molecular complexity index is 635. The molecule has 156 valence electrons. The molecule has 1 aromatic rings. The number of carbonyl (C=O) groups is 2. The fraction of sp³-hybridized carbons (Fsp3) is 0.600. The molecule has 2 fully saturated rings. The zero-order valence-electron chi connectivity index (χ0n) is 16.5. The van der Waals surface area contributed by atoms with Crippen molar-refractivity contribution in [2.45, 2.75) is 25.4 Å². The fourth-order valence-corrected chi connectivity index (χ4v) is 3.61. The van der Waals surface area contributed by atoms with E-state index in [2.05, 4.69) is 15.5 Å². The van der Waals surface area contributed by atoms with Crippen molar-refractivity contribution in [2.24, 2.45) is 0 Å². The predicted octanol–water partition coefficient (Wildman–Crippen LogP) is 0.881. The maximum Gasteiger partial charge on any atom is 0.254 e. The molecule has 1 unspecified atom stereocenters. The van der Waals surface area contributed by atoms with Crippen molar-refractivity contribution in [3.8, 4) is 0 Å². The number of morpholine rings is 1. The second-order valence-corrected chi connectivity index (χ2v) is 7.24. The molecule has 28 heavy (non-hydrogen) atoms. The van der Waals surface area contributed by atoms with E-state index in [-0.39, 0.29) is 24.2 Å². The van der Waals surface area contributed by atoms with Crippen molar-refractivity contribution in [1.29, 1.82) is 0 Å². The number of hydrogen-bond acceptors (Lipinski definition) is 5. The van der Waals surface area contributed by atoms with Gasteiger partial charge in [0.25, 0.3) is 5.91 Å². The monoisotopic (exact) mass is 410 g/mol. The van der Waals surface area contributed by atoms with Crippen LogP contribution in [0, 0.1) is 0 Å². The minimum Gasteiger partial charge on any atom is -0.378 e. The Morgan fingerprint density at radius 3 is 2.54 bits per heavy atom. The zero-order chi connectivity index (χ0) is 19.1. The summed E-state index contributed by atoms with van der Waals surface area (Å²) in [6.45, 7) is 5.29. The maximum atomic E-state index is 12.4. The molecular formula is C20H31ClN4O3. The highest BCUT2D eigenvalue weighted by atomic mass is 35.5. The first-order valence-corrected chi connectivity index (χ1v) is 9.78. The highest BCUT2D eigenvalue weighted by Gasteiger charge is 2.20. The Hall–Kier alpha value is -1.67. The number of likely N-dealkylation sites (tertiary alicyclic amines) is 1. The number of ether oxygens (including phenoxy) is 1. The number of nitrogens with zero attached hydrogens (tertiary/aromatic N) is 2. The van der Waals surface area contributed by atoms with E-state index < -0.39 is 0 Å². The van der Waals surface area contributed by atoms with Gasteiger partial charge in [0.15, 0.2) is 0 Å². The molecule has 0 bridgehead atoms. The minimum absolute atomic E-state index is 0. The topological polar surface area (TPSA) is 73.9 Å². The molecule has 2 saturated heterocycles. The van der Waals surface area contributed by atoms with E-state index in [9.17, 15) is 9.59 Å². The van der Waals surface area contributed by atoms with Gasteiger partial charge in [-0.3, -0.25) is 14.5 Å². The Kier molecular flexibility index (Phi) is 9.18. The predicted molar refractivity (Wildman–Crippen MR) is 111 cm³/mol. The van der Waals surface area contributed by atoms with Gasteiger partial charge < -0.3 is 20.3 Å². The van der Waals surface area contributed by atoms with Gasteiger partial charge in [-0.1, -0.05) is 12.1 Å². The molecule has 2 aliphatic rings. The molecule has 2 N–H and O–H groups in total. The van der Waals surface area contributed by atoms with Crippen molar-refractivity contribution in [3.05, 3.63) is 35.4 Å². The van der Waals surface area contributed by atoms with E-state index in [4.69, 9.17) is 4.74 Å². The molecule has 0 radical (unpaired) electrons. The number of nitrogens with one attached hydrogen (secondary N) is 2. The van der Waals surface area contributed by atoms with Crippen LogP contribution >= 0.6 is 12.4 Å². The molecule has 1 atom stereocenters.